The maximum absolute atomic E-state index is 13.3. The Hall–Kier alpha value is -2.13. The molecule has 0 saturated carbocycles. The molecule has 2 fully saturated rings. The smallest absolute Gasteiger partial charge is 0.225 e. The van der Waals surface area contributed by atoms with Crippen LogP contribution in [0.3, 0.4) is 0 Å². The molecule has 1 aromatic carbocycles. The normalized spacial score (nSPS) is 22.3. The number of carbonyl (C=O) groups excluding carboxylic acids is 1. The molecule has 1 aromatic heterocycles. The van der Waals surface area contributed by atoms with E-state index in [1.807, 2.05) is 23.2 Å². The van der Waals surface area contributed by atoms with Gasteiger partial charge in [-0.3, -0.25) is 14.4 Å². The van der Waals surface area contributed by atoms with Crippen molar-refractivity contribution >= 4 is 17.5 Å². The molecule has 9 heteroatoms. The Kier molecular flexibility index (Phi) is 8.14. The summed E-state index contributed by atoms with van der Waals surface area (Å²) < 4.78 is 14.5. The van der Waals surface area contributed by atoms with E-state index in [4.69, 9.17) is 21.1 Å². The molecule has 0 spiro atoms. The van der Waals surface area contributed by atoms with Gasteiger partial charge in [0.15, 0.2) is 0 Å². The third kappa shape index (κ3) is 6.30. The number of aromatic nitrogens is 2. The van der Waals surface area contributed by atoms with Crippen molar-refractivity contribution in [2.45, 2.75) is 38.5 Å². The molecule has 2 saturated heterocycles. The molecule has 0 aliphatic carbocycles. The highest BCUT2D eigenvalue weighted by molar-refractivity contribution is 6.30. The van der Waals surface area contributed by atoms with Crippen LogP contribution in [0.4, 0.5) is 0 Å². The number of likely N-dealkylation sites (N-methyl/N-ethyl adjacent to an activating group) is 1. The van der Waals surface area contributed by atoms with Crippen molar-refractivity contribution in [1.29, 1.82) is 0 Å². The van der Waals surface area contributed by atoms with Crippen molar-refractivity contribution in [3.8, 4) is 5.75 Å². The maximum Gasteiger partial charge on any atom is 0.225 e. The molecule has 2 aliphatic heterocycles. The van der Waals surface area contributed by atoms with Crippen LogP contribution in [0.5, 0.6) is 5.75 Å². The number of nitrogens with zero attached hydrogens (tertiary/aromatic N) is 5. The molecule has 1 amide bonds. The van der Waals surface area contributed by atoms with E-state index >= 15 is 0 Å². The molecule has 2 aliphatic rings. The van der Waals surface area contributed by atoms with E-state index in [2.05, 4.69) is 46.5 Å². The third-order valence-electron chi connectivity index (χ3n) is 6.60. The summed E-state index contributed by atoms with van der Waals surface area (Å²) in [6, 6.07) is 9.67. The van der Waals surface area contributed by atoms with E-state index < -0.39 is 5.60 Å². The number of halogens is 1. The Morgan fingerprint density at radius 3 is 2.59 bits per heavy atom. The lowest BCUT2D eigenvalue weighted by molar-refractivity contribution is -0.158. The second-order valence-electron chi connectivity index (χ2n) is 9.71. The molecule has 0 bridgehead atoms. The van der Waals surface area contributed by atoms with Gasteiger partial charge in [0.2, 0.25) is 5.91 Å². The number of amides is 1. The highest BCUT2D eigenvalue weighted by Crippen LogP contribution is 2.27. The molecule has 34 heavy (non-hydrogen) atoms. The molecule has 0 radical (unpaired) electrons. The van der Waals surface area contributed by atoms with E-state index in [1.165, 1.54) is 0 Å². The minimum atomic E-state index is -0.721. The van der Waals surface area contributed by atoms with Gasteiger partial charge in [-0.05, 0) is 51.2 Å². The molecule has 2 aromatic rings. The van der Waals surface area contributed by atoms with Crippen molar-refractivity contribution in [3.63, 3.8) is 0 Å². The number of hydrogen-bond donors (Lipinski definition) is 0. The van der Waals surface area contributed by atoms with Gasteiger partial charge < -0.3 is 19.3 Å². The third-order valence-corrected chi connectivity index (χ3v) is 6.85. The monoisotopic (exact) mass is 489 g/mol. The van der Waals surface area contributed by atoms with Crippen molar-refractivity contribution < 1.29 is 14.3 Å². The zero-order valence-electron chi connectivity index (χ0n) is 20.5. The fourth-order valence-corrected chi connectivity index (χ4v) is 4.78. The Morgan fingerprint density at radius 2 is 1.88 bits per heavy atom. The van der Waals surface area contributed by atoms with Crippen LogP contribution >= 0.6 is 11.6 Å². The highest BCUT2D eigenvalue weighted by atomic mass is 35.5. The molecular formula is C25H36ClN5O3. The Balaban J connectivity index is 1.49. The second-order valence-corrected chi connectivity index (χ2v) is 10.1. The lowest BCUT2D eigenvalue weighted by Crippen LogP contribution is -2.58. The number of morpholine rings is 1. The first-order chi connectivity index (χ1) is 16.3. The largest absolute Gasteiger partial charge is 0.491 e. The fourth-order valence-electron chi connectivity index (χ4n) is 4.65. The van der Waals surface area contributed by atoms with Gasteiger partial charge in [0.1, 0.15) is 18.0 Å². The van der Waals surface area contributed by atoms with Crippen LogP contribution in [0.1, 0.15) is 32.0 Å². The predicted octanol–water partition coefficient (Wildman–Crippen LogP) is 2.93. The summed E-state index contributed by atoms with van der Waals surface area (Å²) in [6.45, 7) is 10.6. The van der Waals surface area contributed by atoms with Gasteiger partial charge in [-0.25, -0.2) is 0 Å². The van der Waals surface area contributed by atoms with Crippen LogP contribution in [0.2, 0.25) is 5.02 Å². The summed E-state index contributed by atoms with van der Waals surface area (Å²) in [6.07, 6.45) is 2.15. The van der Waals surface area contributed by atoms with Crippen molar-refractivity contribution in [1.82, 2.24) is 24.5 Å². The van der Waals surface area contributed by atoms with Gasteiger partial charge >= 0.3 is 0 Å². The first-order valence-electron chi connectivity index (χ1n) is 12.1. The first-order valence-corrected chi connectivity index (χ1v) is 12.4. The SMILES string of the molecule is CC(C)n1nccc1CN1CCO[C@@](COc2ccc(Cl)cc2)(CC(=O)N2CCN(C)CC2)C1. The van der Waals surface area contributed by atoms with Crippen LogP contribution in [0.25, 0.3) is 0 Å². The van der Waals surface area contributed by atoms with Crippen molar-refractivity contribution in [3.05, 3.63) is 47.2 Å². The average Bonchev–Trinajstić information content (AvgIpc) is 3.28. The van der Waals surface area contributed by atoms with Gasteiger partial charge in [0.05, 0.1) is 18.7 Å². The minimum absolute atomic E-state index is 0.127. The van der Waals surface area contributed by atoms with E-state index in [9.17, 15) is 4.79 Å². The van der Waals surface area contributed by atoms with Gasteiger partial charge in [0.25, 0.3) is 0 Å². The van der Waals surface area contributed by atoms with E-state index in [0.717, 1.165) is 50.7 Å². The molecular weight excluding hydrogens is 454 g/mol. The summed E-state index contributed by atoms with van der Waals surface area (Å²) in [4.78, 5) is 19.9. The molecule has 0 unspecified atom stereocenters. The van der Waals surface area contributed by atoms with E-state index in [-0.39, 0.29) is 5.91 Å². The Bertz CT molecular complexity index is 942. The Morgan fingerprint density at radius 1 is 1.15 bits per heavy atom. The highest BCUT2D eigenvalue weighted by Gasteiger charge is 2.41. The lowest BCUT2D eigenvalue weighted by atomic mass is 9.96. The van der Waals surface area contributed by atoms with Crippen molar-refractivity contribution in [2.75, 3.05) is 59.5 Å². The summed E-state index contributed by atoms with van der Waals surface area (Å²) >= 11 is 6.03. The summed E-state index contributed by atoms with van der Waals surface area (Å²) in [5, 5.41) is 5.14. The van der Waals surface area contributed by atoms with Gasteiger partial charge in [-0.2, -0.15) is 5.10 Å². The van der Waals surface area contributed by atoms with Gasteiger partial charge in [0, 0.05) is 63.1 Å². The van der Waals surface area contributed by atoms with Crippen LogP contribution < -0.4 is 4.74 Å². The summed E-state index contributed by atoms with van der Waals surface area (Å²) in [5.74, 6) is 0.844. The Labute approximate surface area is 207 Å². The number of hydrogen-bond acceptors (Lipinski definition) is 6. The minimum Gasteiger partial charge on any atom is -0.491 e. The second kappa shape index (κ2) is 11.1. The molecule has 8 nitrogen and oxygen atoms in total. The van der Waals surface area contributed by atoms with Crippen LogP contribution in [0.15, 0.2) is 36.5 Å². The van der Waals surface area contributed by atoms with E-state index in [1.54, 1.807) is 12.1 Å². The first kappa shape index (κ1) is 25.0. The summed E-state index contributed by atoms with van der Waals surface area (Å²) in [7, 11) is 2.09. The van der Waals surface area contributed by atoms with E-state index in [0.29, 0.717) is 37.2 Å². The van der Waals surface area contributed by atoms with Gasteiger partial charge in [-0.1, -0.05) is 11.6 Å². The van der Waals surface area contributed by atoms with Crippen LogP contribution in [-0.4, -0.2) is 95.5 Å². The summed E-state index contributed by atoms with van der Waals surface area (Å²) in [5.41, 5.74) is 0.441. The molecule has 0 N–H and O–H groups in total. The molecule has 4 rings (SSSR count). The number of benzene rings is 1. The standard InChI is InChI=1S/C25H36ClN5O3/c1-20(2)31-22(8-9-27-31)17-29-14-15-34-25(18-29,19-33-23-6-4-21(26)5-7-23)16-24(32)30-12-10-28(3)11-13-30/h4-9,20H,10-19H2,1-3H3/t25-/m0/s1. The van der Waals surface area contributed by atoms with Crippen molar-refractivity contribution in [2.24, 2.45) is 0 Å². The number of ether oxygens (including phenoxy) is 2. The number of carbonyl (C=O) groups is 1. The average molecular weight is 490 g/mol. The van der Waals surface area contributed by atoms with Crippen LogP contribution in [0, 0.1) is 0 Å². The van der Waals surface area contributed by atoms with Gasteiger partial charge in [-0.15, -0.1) is 0 Å². The maximum atomic E-state index is 13.3. The molecule has 3 heterocycles. The predicted molar refractivity (Wildman–Crippen MR) is 132 cm³/mol. The quantitative estimate of drug-likeness (QED) is 0.568. The zero-order valence-corrected chi connectivity index (χ0v) is 21.2. The zero-order chi connectivity index (χ0) is 24.1. The lowest BCUT2D eigenvalue weighted by Gasteiger charge is -2.43. The number of rotatable bonds is 8. The molecule has 1 atom stereocenters. The molecule has 186 valence electrons. The topological polar surface area (TPSA) is 63.1 Å². The number of piperazine rings is 1. The van der Waals surface area contributed by atoms with Crippen LogP contribution in [-0.2, 0) is 16.1 Å². The fraction of sp³-hybridized carbons (Fsp3) is 0.600.